The van der Waals surface area contributed by atoms with E-state index in [1.807, 2.05) is 0 Å². The first-order chi connectivity index (χ1) is 13.2. The van der Waals surface area contributed by atoms with Crippen molar-refractivity contribution in [3.63, 3.8) is 0 Å². The van der Waals surface area contributed by atoms with Crippen LogP contribution in [0.25, 0.3) is 15.9 Å². The third-order valence-corrected chi connectivity index (χ3v) is 9.60. The third-order valence-electron chi connectivity index (χ3n) is 4.93. The molecule has 3 aromatic rings. The number of aromatic nitrogens is 1. The molecule has 0 saturated carbocycles. The standard InChI is InChI=1S/C23H25N2Se2.HI/c1-4-17(15-22-24(5-2)18-11-7-9-13-20(18)26-22)16-23-25(6-3)19-12-8-10-14-21(19)27-23;/h7-16H,4-6H2,1-3H3;1H/q+1;/p-1. The quantitative estimate of drug-likeness (QED) is 0.234. The van der Waals surface area contributed by atoms with E-state index in [0.717, 1.165) is 19.5 Å². The Labute approximate surface area is 197 Å². The first-order valence-electron chi connectivity index (χ1n) is 9.63. The molecule has 1 aliphatic heterocycles. The molecule has 0 saturated heterocycles. The van der Waals surface area contributed by atoms with Gasteiger partial charge in [0.15, 0.2) is 0 Å². The topological polar surface area (TPSA) is 7.12 Å². The molecule has 2 nitrogen and oxygen atoms in total. The molecule has 0 atom stereocenters. The SMILES string of the molecule is CCC(/C=C1\[Se]c2ccccc2N1CC)=C\c1[se]c2ccccc2[n+]1CC.[I-]. The van der Waals surface area contributed by atoms with Crippen LogP contribution in [0.5, 0.6) is 0 Å². The van der Waals surface area contributed by atoms with Crippen LogP contribution in [0.4, 0.5) is 5.69 Å². The zero-order chi connectivity index (χ0) is 18.8. The summed E-state index contributed by atoms with van der Waals surface area (Å²) in [7, 11) is 0. The molecule has 0 unspecified atom stereocenters. The van der Waals surface area contributed by atoms with Crippen LogP contribution in [0.2, 0.25) is 0 Å². The maximum atomic E-state index is 2.50. The van der Waals surface area contributed by atoms with Crippen molar-refractivity contribution in [2.75, 3.05) is 11.4 Å². The number of rotatable bonds is 5. The van der Waals surface area contributed by atoms with Crippen molar-refractivity contribution in [1.82, 2.24) is 0 Å². The van der Waals surface area contributed by atoms with E-state index in [2.05, 4.69) is 90.9 Å². The molecule has 0 radical (unpaired) electrons. The van der Waals surface area contributed by atoms with Gasteiger partial charge in [0.05, 0.1) is 0 Å². The molecule has 146 valence electrons. The number of halogens is 1. The second-order valence-electron chi connectivity index (χ2n) is 6.52. The van der Waals surface area contributed by atoms with Gasteiger partial charge in [-0.05, 0) is 0 Å². The number of hydrogen-bond acceptors (Lipinski definition) is 1. The fourth-order valence-corrected chi connectivity index (χ4v) is 8.58. The van der Waals surface area contributed by atoms with E-state index in [9.17, 15) is 0 Å². The Bertz CT molecular complexity index is 1040. The van der Waals surface area contributed by atoms with Gasteiger partial charge in [-0.1, -0.05) is 0 Å². The van der Waals surface area contributed by atoms with Gasteiger partial charge < -0.3 is 24.0 Å². The summed E-state index contributed by atoms with van der Waals surface area (Å²) in [5.41, 5.74) is 4.25. The predicted molar refractivity (Wildman–Crippen MR) is 118 cm³/mol. The molecule has 2 heterocycles. The van der Waals surface area contributed by atoms with Crippen LogP contribution in [-0.4, -0.2) is 36.0 Å². The average molecular weight is 614 g/mol. The van der Waals surface area contributed by atoms with Crippen LogP contribution in [0, 0.1) is 0 Å². The number of para-hydroxylation sites is 2. The average Bonchev–Trinajstić information content (AvgIpc) is 3.23. The van der Waals surface area contributed by atoms with Crippen LogP contribution in [0.1, 0.15) is 31.8 Å². The molecule has 2 aromatic carbocycles. The number of benzene rings is 2. The van der Waals surface area contributed by atoms with E-state index in [-0.39, 0.29) is 24.0 Å². The Morgan fingerprint density at radius 3 is 2.54 bits per heavy atom. The van der Waals surface area contributed by atoms with Gasteiger partial charge in [0.2, 0.25) is 0 Å². The van der Waals surface area contributed by atoms with Gasteiger partial charge in [-0.3, -0.25) is 0 Å². The van der Waals surface area contributed by atoms with Crippen molar-refractivity contribution in [2.45, 2.75) is 33.7 Å². The minimum Gasteiger partial charge on any atom is -1.00 e. The number of anilines is 1. The van der Waals surface area contributed by atoms with Crippen molar-refractivity contribution < 1.29 is 28.5 Å². The Morgan fingerprint density at radius 1 is 1.04 bits per heavy atom. The Hall–Kier alpha value is -0.841. The Morgan fingerprint density at radius 2 is 1.79 bits per heavy atom. The molecule has 0 spiro atoms. The molecule has 28 heavy (non-hydrogen) atoms. The first-order valence-corrected chi connectivity index (χ1v) is 13.1. The molecule has 0 bridgehead atoms. The summed E-state index contributed by atoms with van der Waals surface area (Å²) in [6, 6.07) is 17.8. The van der Waals surface area contributed by atoms with E-state index in [0.29, 0.717) is 29.5 Å². The fraction of sp³-hybridized carbons (Fsp3) is 0.261. The largest absolute Gasteiger partial charge is 1.00 e. The summed E-state index contributed by atoms with van der Waals surface area (Å²) in [5, 5.41) is 0. The van der Waals surface area contributed by atoms with Crippen molar-refractivity contribution in [3.8, 4) is 0 Å². The van der Waals surface area contributed by atoms with Crippen LogP contribution in [0.3, 0.4) is 0 Å². The second-order valence-corrected chi connectivity index (χ2v) is 11.0. The van der Waals surface area contributed by atoms with E-state index in [1.165, 1.54) is 34.7 Å². The van der Waals surface area contributed by atoms with Gasteiger partial charge in [-0.15, -0.1) is 0 Å². The summed E-state index contributed by atoms with van der Waals surface area (Å²) in [6.07, 6.45) is 5.99. The van der Waals surface area contributed by atoms with Crippen molar-refractivity contribution in [1.29, 1.82) is 0 Å². The summed E-state index contributed by atoms with van der Waals surface area (Å²) < 4.78 is 8.50. The molecular formula is C23H25IN2Se2. The molecule has 1 aliphatic rings. The Kier molecular flexibility index (Phi) is 7.63. The Balaban J connectivity index is 0.00000225. The number of fused-ring (bicyclic) bond motifs is 2. The molecule has 0 aliphatic carbocycles. The minimum absolute atomic E-state index is 0. The van der Waals surface area contributed by atoms with Gasteiger partial charge in [0.25, 0.3) is 0 Å². The molecule has 1 aromatic heterocycles. The van der Waals surface area contributed by atoms with Crippen molar-refractivity contribution in [2.24, 2.45) is 0 Å². The smallest absolute Gasteiger partial charge is 1.00 e. The summed E-state index contributed by atoms with van der Waals surface area (Å²) >= 11 is 0.805. The molecule has 4 rings (SSSR count). The van der Waals surface area contributed by atoms with E-state index in [1.54, 1.807) is 0 Å². The van der Waals surface area contributed by atoms with Crippen molar-refractivity contribution >= 4 is 55.5 Å². The maximum Gasteiger partial charge on any atom is -1.00 e. The fourth-order valence-electron chi connectivity index (χ4n) is 3.54. The second kappa shape index (κ2) is 9.77. The summed E-state index contributed by atoms with van der Waals surface area (Å²) in [5.74, 6) is 0. The monoisotopic (exact) mass is 616 g/mol. The maximum absolute atomic E-state index is 2.50. The summed E-state index contributed by atoms with van der Waals surface area (Å²) in [6.45, 7) is 8.86. The molecule has 0 fully saturated rings. The predicted octanol–water partition coefficient (Wildman–Crippen LogP) is 0.713. The zero-order valence-electron chi connectivity index (χ0n) is 16.5. The number of nitrogens with zero attached hydrogens (tertiary/aromatic N) is 2. The number of allylic oxidation sites excluding steroid dienone is 2. The summed E-state index contributed by atoms with van der Waals surface area (Å²) in [4.78, 5) is 2.50. The zero-order valence-corrected chi connectivity index (χ0v) is 22.1. The minimum atomic E-state index is 0. The van der Waals surface area contributed by atoms with E-state index in [4.69, 9.17) is 0 Å². The van der Waals surface area contributed by atoms with Gasteiger partial charge in [-0.25, -0.2) is 0 Å². The molecule has 0 N–H and O–H groups in total. The van der Waals surface area contributed by atoms with Gasteiger partial charge in [0, 0.05) is 0 Å². The van der Waals surface area contributed by atoms with E-state index < -0.39 is 0 Å². The van der Waals surface area contributed by atoms with Crippen LogP contribution >= 0.6 is 0 Å². The van der Waals surface area contributed by atoms with E-state index >= 15 is 0 Å². The van der Waals surface area contributed by atoms with Gasteiger partial charge >= 0.3 is 175 Å². The first kappa shape index (κ1) is 21.9. The third kappa shape index (κ3) is 4.20. The van der Waals surface area contributed by atoms with Crippen LogP contribution in [0.15, 0.2) is 64.8 Å². The van der Waals surface area contributed by atoms with Gasteiger partial charge in [-0.2, -0.15) is 0 Å². The number of hydrogen-bond donors (Lipinski definition) is 0. The molecule has 0 amide bonds. The van der Waals surface area contributed by atoms with Crippen molar-refractivity contribution in [3.05, 3.63) is 69.3 Å². The molecular weight excluding hydrogens is 589 g/mol. The molecule has 5 heteroatoms. The normalized spacial score (nSPS) is 15.2. The van der Waals surface area contributed by atoms with Crippen LogP contribution in [-0.2, 0) is 6.54 Å². The number of aryl methyl sites for hydroxylation is 1. The van der Waals surface area contributed by atoms with Crippen LogP contribution < -0.4 is 37.9 Å². The van der Waals surface area contributed by atoms with Gasteiger partial charge in [0.1, 0.15) is 0 Å².